The summed E-state index contributed by atoms with van der Waals surface area (Å²) in [6.45, 7) is 2.03. The van der Waals surface area contributed by atoms with Gasteiger partial charge in [0.15, 0.2) is 0 Å². The first-order chi connectivity index (χ1) is 13.6. The second kappa shape index (κ2) is 7.70. The summed E-state index contributed by atoms with van der Waals surface area (Å²) in [7, 11) is 0. The van der Waals surface area contributed by atoms with Gasteiger partial charge in [-0.3, -0.25) is 4.79 Å². The molecule has 0 aliphatic carbocycles. The Hall–Kier alpha value is -3.38. The van der Waals surface area contributed by atoms with Gasteiger partial charge >= 0.3 is 0 Å². The molecule has 0 spiro atoms. The van der Waals surface area contributed by atoms with Gasteiger partial charge in [-0.25, -0.2) is 0 Å². The van der Waals surface area contributed by atoms with Crippen molar-refractivity contribution in [2.24, 2.45) is 0 Å². The first-order valence-electron chi connectivity index (χ1n) is 8.71. The third kappa shape index (κ3) is 3.82. The van der Waals surface area contributed by atoms with Gasteiger partial charge < -0.3 is 14.4 Å². The number of hydrogen-bond donors (Lipinski definition) is 1. The van der Waals surface area contributed by atoms with Gasteiger partial charge in [0.1, 0.15) is 12.2 Å². The third-order valence-corrected chi connectivity index (χ3v) is 4.53. The highest BCUT2D eigenvalue weighted by Crippen LogP contribution is 2.24. The smallest absolute Gasteiger partial charge is 0.274 e. The molecule has 0 unspecified atom stereocenters. The normalized spacial score (nSPS) is 10.8. The molecular weight excluding hydrogens is 376 g/mol. The molecule has 1 N–H and O–H groups in total. The number of nitrogens with zero attached hydrogens (tertiary/aromatic N) is 3. The summed E-state index contributed by atoms with van der Waals surface area (Å²) in [5.74, 6) is 0.648. The van der Waals surface area contributed by atoms with E-state index in [1.165, 1.54) is 0 Å². The quantitative estimate of drug-likeness (QED) is 0.529. The molecule has 2 aromatic carbocycles. The topological polar surface area (TPSA) is 73.0 Å². The van der Waals surface area contributed by atoms with Crippen LogP contribution in [-0.2, 0) is 11.3 Å². The lowest BCUT2D eigenvalue weighted by Gasteiger charge is -2.10. The van der Waals surface area contributed by atoms with Gasteiger partial charge in [0.25, 0.3) is 5.89 Å². The molecule has 0 fully saturated rings. The van der Waals surface area contributed by atoms with Gasteiger partial charge in [0.05, 0.1) is 10.7 Å². The number of amides is 1. The number of benzene rings is 2. The van der Waals surface area contributed by atoms with E-state index in [2.05, 4.69) is 15.5 Å². The second-order valence-electron chi connectivity index (χ2n) is 6.34. The largest absolute Gasteiger partial charge is 0.334 e. The summed E-state index contributed by atoms with van der Waals surface area (Å²) < 4.78 is 7.15. The number of carbonyl (C=O) groups excluding carboxylic acids is 1. The molecule has 0 atom stereocenters. The fourth-order valence-electron chi connectivity index (χ4n) is 2.84. The predicted octanol–water partition coefficient (Wildman–Crippen LogP) is 4.81. The van der Waals surface area contributed by atoms with E-state index in [4.69, 9.17) is 16.1 Å². The maximum Gasteiger partial charge on any atom is 0.274 e. The molecule has 2 heterocycles. The molecule has 140 valence electrons. The van der Waals surface area contributed by atoms with Gasteiger partial charge in [0.2, 0.25) is 11.7 Å². The molecule has 0 saturated carbocycles. The molecule has 1 amide bonds. The summed E-state index contributed by atoms with van der Waals surface area (Å²) in [4.78, 5) is 16.9. The van der Waals surface area contributed by atoms with Gasteiger partial charge in [-0.05, 0) is 36.8 Å². The number of rotatable bonds is 5. The van der Waals surface area contributed by atoms with E-state index < -0.39 is 0 Å². The Bertz CT molecular complexity index is 1120. The molecule has 6 nitrogen and oxygen atoms in total. The predicted molar refractivity (Wildman–Crippen MR) is 108 cm³/mol. The van der Waals surface area contributed by atoms with E-state index in [-0.39, 0.29) is 12.5 Å². The van der Waals surface area contributed by atoms with Crippen molar-refractivity contribution >= 4 is 23.2 Å². The average Bonchev–Trinajstić information content (AvgIpc) is 3.34. The van der Waals surface area contributed by atoms with Gasteiger partial charge in [-0.1, -0.05) is 53.2 Å². The lowest BCUT2D eigenvalue weighted by atomic mass is 10.2. The van der Waals surface area contributed by atoms with Crippen molar-refractivity contribution in [2.75, 3.05) is 5.32 Å². The van der Waals surface area contributed by atoms with Crippen LogP contribution in [-0.4, -0.2) is 20.6 Å². The number of hydrogen-bond acceptors (Lipinski definition) is 4. The van der Waals surface area contributed by atoms with E-state index in [0.29, 0.717) is 28.1 Å². The third-order valence-electron chi connectivity index (χ3n) is 4.22. The highest BCUT2D eigenvalue weighted by molar-refractivity contribution is 6.33. The molecule has 0 radical (unpaired) electrons. The minimum atomic E-state index is -0.203. The Balaban J connectivity index is 1.52. The molecule has 0 aliphatic heterocycles. The van der Waals surface area contributed by atoms with Crippen molar-refractivity contribution in [1.82, 2.24) is 14.7 Å². The molecular formula is C21H17ClN4O2. The van der Waals surface area contributed by atoms with E-state index in [1.807, 2.05) is 61.5 Å². The highest BCUT2D eigenvalue weighted by atomic mass is 35.5. The molecule has 28 heavy (non-hydrogen) atoms. The average molecular weight is 393 g/mol. The van der Waals surface area contributed by atoms with Crippen molar-refractivity contribution in [3.63, 3.8) is 0 Å². The Morgan fingerprint density at radius 3 is 2.75 bits per heavy atom. The van der Waals surface area contributed by atoms with Crippen LogP contribution in [0.25, 0.3) is 23.0 Å². The van der Waals surface area contributed by atoms with Crippen molar-refractivity contribution < 1.29 is 9.32 Å². The van der Waals surface area contributed by atoms with Crippen LogP contribution < -0.4 is 5.32 Å². The second-order valence-corrected chi connectivity index (χ2v) is 6.75. The molecule has 7 heteroatoms. The van der Waals surface area contributed by atoms with Crippen LogP contribution in [0.4, 0.5) is 5.69 Å². The molecule has 0 saturated heterocycles. The molecule has 2 aromatic heterocycles. The molecule has 4 rings (SSSR count). The fourth-order valence-corrected chi connectivity index (χ4v) is 3.13. The molecule has 0 aliphatic rings. The zero-order chi connectivity index (χ0) is 19.5. The number of carbonyl (C=O) groups is 1. The Labute approximate surface area is 166 Å². The fraction of sp³-hybridized carbons (Fsp3) is 0.0952. The minimum absolute atomic E-state index is 0.0928. The number of aryl methyl sites for hydroxylation is 1. The van der Waals surface area contributed by atoms with Crippen LogP contribution in [0.1, 0.15) is 5.56 Å². The van der Waals surface area contributed by atoms with Crippen LogP contribution in [0.5, 0.6) is 0 Å². The first kappa shape index (κ1) is 18.0. The van der Waals surface area contributed by atoms with Crippen molar-refractivity contribution in [3.8, 4) is 23.0 Å². The number of halogens is 1. The van der Waals surface area contributed by atoms with Crippen molar-refractivity contribution in [1.29, 1.82) is 0 Å². The summed E-state index contributed by atoms with van der Waals surface area (Å²) >= 11 is 6.19. The highest BCUT2D eigenvalue weighted by Gasteiger charge is 2.16. The summed E-state index contributed by atoms with van der Waals surface area (Å²) in [5, 5.41) is 7.36. The van der Waals surface area contributed by atoms with Crippen LogP contribution in [0.2, 0.25) is 5.02 Å². The molecule has 4 aromatic rings. The maximum absolute atomic E-state index is 12.5. The zero-order valence-electron chi connectivity index (χ0n) is 15.1. The van der Waals surface area contributed by atoms with Crippen LogP contribution in [0, 0.1) is 6.92 Å². The van der Waals surface area contributed by atoms with Crippen molar-refractivity contribution in [2.45, 2.75) is 13.5 Å². The van der Waals surface area contributed by atoms with Crippen molar-refractivity contribution in [3.05, 3.63) is 77.4 Å². The Kier molecular flexibility index (Phi) is 4.95. The van der Waals surface area contributed by atoms with Gasteiger partial charge in [0, 0.05) is 11.8 Å². The Morgan fingerprint density at radius 2 is 1.96 bits per heavy atom. The zero-order valence-corrected chi connectivity index (χ0v) is 15.8. The van der Waals surface area contributed by atoms with E-state index in [0.717, 1.165) is 11.1 Å². The van der Waals surface area contributed by atoms with E-state index in [9.17, 15) is 4.79 Å². The SMILES string of the molecule is Cc1ccc(NC(=O)Cn2cccc2-c2nc(-c3ccccc3)no2)c(Cl)c1. The minimum Gasteiger partial charge on any atom is -0.334 e. The van der Waals surface area contributed by atoms with Crippen LogP contribution >= 0.6 is 11.6 Å². The number of nitrogens with one attached hydrogen (secondary N) is 1. The first-order valence-corrected chi connectivity index (χ1v) is 9.08. The number of aromatic nitrogens is 3. The lowest BCUT2D eigenvalue weighted by molar-refractivity contribution is -0.116. The summed E-state index contributed by atoms with van der Waals surface area (Å²) in [5.41, 5.74) is 3.14. The summed E-state index contributed by atoms with van der Waals surface area (Å²) in [6, 6.07) is 18.7. The van der Waals surface area contributed by atoms with E-state index >= 15 is 0 Å². The monoisotopic (exact) mass is 392 g/mol. The Morgan fingerprint density at radius 1 is 1.14 bits per heavy atom. The van der Waals surface area contributed by atoms with Gasteiger partial charge in [-0.2, -0.15) is 4.98 Å². The molecule has 0 bridgehead atoms. The lowest BCUT2D eigenvalue weighted by Crippen LogP contribution is -2.19. The maximum atomic E-state index is 12.5. The number of anilines is 1. The van der Waals surface area contributed by atoms with Crippen LogP contribution in [0.15, 0.2) is 71.4 Å². The van der Waals surface area contributed by atoms with E-state index in [1.54, 1.807) is 16.8 Å². The van der Waals surface area contributed by atoms with Gasteiger partial charge in [-0.15, -0.1) is 0 Å². The summed E-state index contributed by atoms with van der Waals surface area (Å²) in [6.07, 6.45) is 1.79. The van der Waals surface area contributed by atoms with Crippen LogP contribution in [0.3, 0.4) is 0 Å². The standard InChI is InChI=1S/C21H17ClN4O2/c1-14-9-10-17(16(22)12-14)23-19(27)13-26-11-5-8-18(26)21-24-20(25-28-21)15-6-3-2-4-7-15/h2-12H,13H2,1H3,(H,23,27).